The van der Waals surface area contributed by atoms with Gasteiger partial charge in [-0.1, -0.05) is 0 Å². The summed E-state index contributed by atoms with van der Waals surface area (Å²) in [5.41, 5.74) is 1.10. The third-order valence-corrected chi connectivity index (χ3v) is 3.19. The molecule has 2 atom stereocenters. The van der Waals surface area contributed by atoms with Crippen LogP contribution in [0.25, 0.3) is 0 Å². The van der Waals surface area contributed by atoms with Crippen molar-refractivity contribution in [3.63, 3.8) is 0 Å². The average molecular weight is 267 g/mol. The van der Waals surface area contributed by atoms with E-state index in [1.54, 1.807) is 21.3 Å². The molecule has 1 N–H and O–H groups in total. The Morgan fingerprint density at radius 3 is 2.42 bits per heavy atom. The minimum absolute atomic E-state index is 0.192. The van der Waals surface area contributed by atoms with Crippen LogP contribution in [0.1, 0.15) is 31.9 Å². The molecule has 0 heterocycles. The molecule has 0 aliphatic rings. The Kier molecular flexibility index (Phi) is 6.67. The lowest BCUT2D eigenvalue weighted by molar-refractivity contribution is 0.183. The van der Waals surface area contributed by atoms with Gasteiger partial charge in [0.15, 0.2) is 0 Å². The summed E-state index contributed by atoms with van der Waals surface area (Å²) in [6, 6.07) is 6.43. The molecule has 108 valence electrons. The van der Waals surface area contributed by atoms with Crippen molar-refractivity contribution in [2.75, 3.05) is 27.9 Å². The highest BCUT2D eigenvalue weighted by Gasteiger charge is 2.14. The molecule has 0 amide bonds. The predicted octanol–water partition coefficient (Wildman–Crippen LogP) is 2.78. The molecule has 0 aliphatic heterocycles. The number of rotatable bonds is 8. The normalized spacial score (nSPS) is 13.9. The average Bonchev–Trinajstić information content (AvgIpc) is 2.44. The van der Waals surface area contributed by atoms with Crippen molar-refractivity contribution in [1.82, 2.24) is 5.32 Å². The fourth-order valence-corrected chi connectivity index (χ4v) is 2.07. The highest BCUT2D eigenvalue weighted by molar-refractivity contribution is 5.42. The Labute approximate surface area is 116 Å². The predicted molar refractivity (Wildman–Crippen MR) is 77.1 cm³/mol. The Balaban J connectivity index is 2.76. The van der Waals surface area contributed by atoms with Gasteiger partial charge in [0, 0.05) is 31.4 Å². The van der Waals surface area contributed by atoms with Gasteiger partial charge >= 0.3 is 0 Å². The van der Waals surface area contributed by atoms with Gasteiger partial charge in [0.1, 0.15) is 11.5 Å². The largest absolute Gasteiger partial charge is 0.497 e. The van der Waals surface area contributed by atoms with Crippen molar-refractivity contribution in [1.29, 1.82) is 0 Å². The van der Waals surface area contributed by atoms with E-state index in [1.807, 2.05) is 18.2 Å². The first-order valence-corrected chi connectivity index (χ1v) is 6.59. The first-order valence-electron chi connectivity index (χ1n) is 6.59. The van der Waals surface area contributed by atoms with Crippen LogP contribution >= 0.6 is 0 Å². The number of hydrogen-bond acceptors (Lipinski definition) is 4. The number of ether oxygens (including phenoxy) is 3. The van der Waals surface area contributed by atoms with Gasteiger partial charge in [0.05, 0.1) is 14.2 Å². The van der Waals surface area contributed by atoms with E-state index in [2.05, 4.69) is 19.2 Å². The topological polar surface area (TPSA) is 39.7 Å². The first kappa shape index (κ1) is 15.8. The molecular formula is C15H25NO3. The molecule has 0 aromatic heterocycles. The molecule has 0 saturated carbocycles. The molecule has 19 heavy (non-hydrogen) atoms. The number of benzene rings is 1. The van der Waals surface area contributed by atoms with Gasteiger partial charge in [-0.15, -0.1) is 0 Å². The Morgan fingerprint density at radius 1 is 1.11 bits per heavy atom. The van der Waals surface area contributed by atoms with Crippen molar-refractivity contribution < 1.29 is 14.2 Å². The van der Waals surface area contributed by atoms with E-state index in [0.717, 1.165) is 30.1 Å². The van der Waals surface area contributed by atoms with Crippen molar-refractivity contribution in [3.05, 3.63) is 23.8 Å². The summed E-state index contributed by atoms with van der Waals surface area (Å²) in [6.45, 7) is 5.04. The fourth-order valence-electron chi connectivity index (χ4n) is 2.07. The third kappa shape index (κ3) is 4.73. The smallest absolute Gasteiger partial charge is 0.123 e. The van der Waals surface area contributed by atoms with Gasteiger partial charge in [0.25, 0.3) is 0 Å². The molecule has 2 unspecified atom stereocenters. The van der Waals surface area contributed by atoms with E-state index in [-0.39, 0.29) is 6.04 Å². The molecule has 1 aromatic carbocycles. The molecule has 0 fully saturated rings. The molecule has 0 saturated heterocycles. The van der Waals surface area contributed by atoms with Crippen molar-refractivity contribution in [3.8, 4) is 11.5 Å². The Bertz CT molecular complexity index is 382. The van der Waals surface area contributed by atoms with E-state index in [9.17, 15) is 0 Å². The summed E-state index contributed by atoms with van der Waals surface area (Å²) in [4.78, 5) is 0. The zero-order valence-electron chi connectivity index (χ0n) is 12.5. The molecule has 0 spiro atoms. The van der Waals surface area contributed by atoms with Gasteiger partial charge in [-0.2, -0.15) is 0 Å². The van der Waals surface area contributed by atoms with E-state index in [1.165, 1.54) is 0 Å². The van der Waals surface area contributed by atoms with E-state index < -0.39 is 0 Å². The second-order valence-electron chi connectivity index (χ2n) is 4.68. The molecular weight excluding hydrogens is 242 g/mol. The minimum Gasteiger partial charge on any atom is -0.497 e. The maximum atomic E-state index is 5.41. The van der Waals surface area contributed by atoms with Gasteiger partial charge in [-0.3, -0.25) is 0 Å². The van der Waals surface area contributed by atoms with Gasteiger partial charge in [-0.25, -0.2) is 0 Å². The Morgan fingerprint density at radius 2 is 1.84 bits per heavy atom. The SMILES string of the molecule is COCCC(C)NC(C)c1cc(OC)ccc1OC. The number of methoxy groups -OCH3 is 3. The van der Waals surface area contributed by atoms with Crippen LogP contribution in [0.4, 0.5) is 0 Å². The lowest BCUT2D eigenvalue weighted by Crippen LogP contribution is -2.30. The van der Waals surface area contributed by atoms with Crippen molar-refractivity contribution >= 4 is 0 Å². The first-order chi connectivity index (χ1) is 9.12. The summed E-state index contributed by atoms with van der Waals surface area (Å²) in [5.74, 6) is 1.72. The van der Waals surface area contributed by atoms with Crippen LogP contribution in [-0.2, 0) is 4.74 Å². The van der Waals surface area contributed by atoms with Crippen LogP contribution in [0.3, 0.4) is 0 Å². The van der Waals surface area contributed by atoms with Crippen LogP contribution in [0.2, 0.25) is 0 Å². The summed E-state index contributed by atoms with van der Waals surface area (Å²) < 4.78 is 15.8. The summed E-state index contributed by atoms with van der Waals surface area (Å²) in [6.07, 6.45) is 0.979. The standard InChI is InChI=1S/C15H25NO3/c1-11(8-9-17-3)16-12(2)14-10-13(18-4)6-7-15(14)19-5/h6-7,10-12,16H,8-9H2,1-5H3. The maximum Gasteiger partial charge on any atom is 0.123 e. The van der Waals surface area contributed by atoms with Crippen LogP contribution < -0.4 is 14.8 Å². The molecule has 1 aromatic rings. The van der Waals surface area contributed by atoms with Crippen LogP contribution in [0.15, 0.2) is 18.2 Å². The number of hydrogen-bond donors (Lipinski definition) is 1. The fraction of sp³-hybridized carbons (Fsp3) is 0.600. The summed E-state index contributed by atoms with van der Waals surface area (Å²) in [5, 5.41) is 3.54. The maximum absolute atomic E-state index is 5.41. The van der Waals surface area contributed by atoms with Crippen molar-refractivity contribution in [2.24, 2.45) is 0 Å². The highest BCUT2D eigenvalue weighted by atomic mass is 16.5. The highest BCUT2D eigenvalue weighted by Crippen LogP contribution is 2.29. The molecule has 4 nitrogen and oxygen atoms in total. The zero-order valence-corrected chi connectivity index (χ0v) is 12.5. The molecule has 0 radical (unpaired) electrons. The molecule has 0 bridgehead atoms. The second-order valence-corrected chi connectivity index (χ2v) is 4.68. The number of nitrogens with one attached hydrogen (secondary N) is 1. The van der Waals surface area contributed by atoms with Crippen LogP contribution in [-0.4, -0.2) is 34.0 Å². The van der Waals surface area contributed by atoms with Crippen LogP contribution in [0.5, 0.6) is 11.5 Å². The second kappa shape index (κ2) is 8.02. The molecule has 1 rings (SSSR count). The zero-order chi connectivity index (χ0) is 14.3. The van der Waals surface area contributed by atoms with E-state index >= 15 is 0 Å². The Hall–Kier alpha value is -1.26. The van der Waals surface area contributed by atoms with Gasteiger partial charge < -0.3 is 19.5 Å². The monoisotopic (exact) mass is 267 g/mol. The van der Waals surface area contributed by atoms with Crippen LogP contribution in [0, 0.1) is 0 Å². The summed E-state index contributed by atoms with van der Waals surface area (Å²) >= 11 is 0. The lowest BCUT2D eigenvalue weighted by atomic mass is 10.1. The van der Waals surface area contributed by atoms with Gasteiger partial charge in [0.2, 0.25) is 0 Å². The molecule has 4 heteroatoms. The van der Waals surface area contributed by atoms with Gasteiger partial charge in [-0.05, 0) is 38.5 Å². The quantitative estimate of drug-likeness (QED) is 0.786. The van der Waals surface area contributed by atoms with Crippen molar-refractivity contribution in [2.45, 2.75) is 32.4 Å². The third-order valence-electron chi connectivity index (χ3n) is 3.19. The van der Waals surface area contributed by atoms with E-state index in [4.69, 9.17) is 14.2 Å². The minimum atomic E-state index is 0.192. The summed E-state index contributed by atoms with van der Waals surface area (Å²) in [7, 11) is 5.08. The molecule has 0 aliphatic carbocycles. The lowest BCUT2D eigenvalue weighted by Gasteiger charge is -2.22. The van der Waals surface area contributed by atoms with E-state index in [0.29, 0.717) is 6.04 Å².